The van der Waals surface area contributed by atoms with Gasteiger partial charge in [0, 0.05) is 28.4 Å². The van der Waals surface area contributed by atoms with Crippen molar-refractivity contribution >= 4 is 43.5 Å². The van der Waals surface area contributed by atoms with Crippen molar-refractivity contribution in [2.45, 2.75) is 6.54 Å². The predicted octanol–water partition coefficient (Wildman–Crippen LogP) is 1.68. The Morgan fingerprint density at radius 2 is 2.06 bits per heavy atom. The van der Waals surface area contributed by atoms with Crippen LogP contribution in [0, 0.1) is 11.8 Å². The smallest absolute Gasteiger partial charge is 0.307 e. The van der Waals surface area contributed by atoms with Crippen molar-refractivity contribution in [1.82, 2.24) is 19.7 Å². The zero-order valence-electron chi connectivity index (χ0n) is 15.9. The van der Waals surface area contributed by atoms with Gasteiger partial charge in [0.1, 0.15) is 17.4 Å². The number of rotatable bonds is 3. The van der Waals surface area contributed by atoms with Crippen molar-refractivity contribution in [2.24, 2.45) is 0 Å². The Labute approximate surface area is 180 Å². The van der Waals surface area contributed by atoms with Crippen molar-refractivity contribution in [3.63, 3.8) is 0 Å². The van der Waals surface area contributed by atoms with E-state index in [0.717, 1.165) is 10.9 Å². The van der Waals surface area contributed by atoms with Crippen LogP contribution in [0.3, 0.4) is 0 Å². The second-order valence-electron chi connectivity index (χ2n) is 6.49. The summed E-state index contributed by atoms with van der Waals surface area (Å²) in [7, 11) is -4.01. The number of benzene rings is 1. The minimum absolute atomic E-state index is 0.147. The largest absolute Gasteiger partial charge is 0.358 e. The maximum atomic E-state index is 13.0. The molecule has 3 aromatic heterocycles. The molecule has 4 aromatic rings. The van der Waals surface area contributed by atoms with Gasteiger partial charge in [-0.3, -0.25) is 14.6 Å². The molecule has 0 saturated carbocycles. The molecule has 0 bridgehead atoms. The number of hydrogen-bond donors (Lipinski definition) is 1. The summed E-state index contributed by atoms with van der Waals surface area (Å²) in [6.45, 7) is -0.206. The first-order chi connectivity index (χ1) is 14.7. The molecule has 0 unspecified atom stereocenters. The van der Waals surface area contributed by atoms with E-state index in [1.807, 2.05) is 0 Å². The summed E-state index contributed by atoms with van der Waals surface area (Å²) in [5.74, 6) is 5.12. The van der Waals surface area contributed by atoms with Gasteiger partial charge < -0.3 is 9.17 Å². The fraction of sp³-hybridized carbons (Fsp3) is 0.100. The highest BCUT2D eigenvalue weighted by Gasteiger charge is 2.20. The average molecular weight is 457 g/mol. The van der Waals surface area contributed by atoms with E-state index < -0.39 is 27.0 Å². The first-order valence-electron chi connectivity index (χ1n) is 8.78. The first kappa shape index (κ1) is 20.6. The Morgan fingerprint density at radius 3 is 2.77 bits per heavy atom. The van der Waals surface area contributed by atoms with E-state index in [4.69, 9.17) is 15.8 Å². The molecule has 0 aliphatic heterocycles. The van der Waals surface area contributed by atoms with Crippen LogP contribution >= 0.6 is 11.6 Å². The molecule has 0 saturated heterocycles. The number of nitrogens with one attached hydrogen (secondary N) is 1. The minimum Gasteiger partial charge on any atom is -0.358 e. The van der Waals surface area contributed by atoms with Crippen molar-refractivity contribution in [1.29, 1.82) is 0 Å². The highest BCUT2D eigenvalue weighted by molar-refractivity contribution is 7.86. The summed E-state index contributed by atoms with van der Waals surface area (Å²) in [4.78, 5) is 32.8. The SMILES string of the molecule is CS(=O)(=O)Oc1nn(CC#Cc2cccnc2)c(=O)c2c(=O)c3ccc(Cl)cc3[nH]c12. The number of H-pyrrole nitrogens is 1. The normalized spacial score (nSPS) is 11.3. The van der Waals surface area contributed by atoms with Crippen LogP contribution in [0.2, 0.25) is 5.02 Å². The maximum absolute atomic E-state index is 13.0. The van der Waals surface area contributed by atoms with Gasteiger partial charge in [0.05, 0.1) is 11.8 Å². The van der Waals surface area contributed by atoms with Crippen molar-refractivity contribution < 1.29 is 12.6 Å². The second-order valence-corrected chi connectivity index (χ2v) is 8.50. The third-order valence-corrected chi connectivity index (χ3v) is 4.89. The molecule has 0 amide bonds. The summed E-state index contributed by atoms with van der Waals surface area (Å²) in [5, 5.41) is 4.22. The Morgan fingerprint density at radius 1 is 1.26 bits per heavy atom. The molecule has 4 rings (SSSR count). The van der Waals surface area contributed by atoms with Crippen LogP contribution in [0.4, 0.5) is 0 Å². The predicted molar refractivity (Wildman–Crippen MR) is 116 cm³/mol. The molecular formula is C20H13ClN4O5S. The van der Waals surface area contributed by atoms with Gasteiger partial charge in [0.2, 0.25) is 5.43 Å². The molecule has 0 radical (unpaired) electrons. The number of hydrogen-bond acceptors (Lipinski definition) is 7. The van der Waals surface area contributed by atoms with E-state index in [1.54, 1.807) is 24.5 Å². The Hall–Kier alpha value is -3.68. The van der Waals surface area contributed by atoms with Crippen molar-refractivity contribution in [3.8, 4) is 17.7 Å². The monoisotopic (exact) mass is 456 g/mol. The van der Waals surface area contributed by atoms with Crippen LogP contribution in [0.5, 0.6) is 5.88 Å². The molecule has 0 aliphatic carbocycles. The summed E-state index contributed by atoms with van der Waals surface area (Å²) in [5.41, 5.74) is -0.579. The van der Waals surface area contributed by atoms with E-state index in [-0.39, 0.29) is 22.8 Å². The molecule has 9 nitrogen and oxygen atoms in total. The molecule has 1 N–H and O–H groups in total. The quantitative estimate of drug-likeness (QED) is 0.282. The van der Waals surface area contributed by atoms with E-state index in [1.165, 1.54) is 18.2 Å². The van der Waals surface area contributed by atoms with Gasteiger partial charge in [-0.2, -0.15) is 8.42 Å². The van der Waals surface area contributed by atoms with E-state index in [2.05, 4.69) is 26.9 Å². The molecule has 0 fully saturated rings. The maximum Gasteiger partial charge on any atom is 0.307 e. The van der Waals surface area contributed by atoms with E-state index in [9.17, 15) is 18.0 Å². The van der Waals surface area contributed by atoms with Gasteiger partial charge in [0.15, 0.2) is 0 Å². The summed E-state index contributed by atoms with van der Waals surface area (Å²) < 4.78 is 29.3. The Kier molecular flexibility index (Phi) is 5.22. The summed E-state index contributed by atoms with van der Waals surface area (Å²) >= 11 is 5.98. The fourth-order valence-electron chi connectivity index (χ4n) is 2.92. The Bertz CT molecular complexity index is 1620. The van der Waals surface area contributed by atoms with Crippen molar-refractivity contribution in [3.05, 3.63) is 73.9 Å². The first-order valence-corrected chi connectivity index (χ1v) is 11.0. The van der Waals surface area contributed by atoms with Crippen LogP contribution in [-0.2, 0) is 16.7 Å². The van der Waals surface area contributed by atoms with E-state index >= 15 is 0 Å². The van der Waals surface area contributed by atoms with E-state index in [0.29, 0.717) is 16.1 Å². The minimum atomic E-state index is -4.01. The standard InChI is InChI=1S/C20H13ClN4O5S/c1-31(28,29)30-19-17-16(18(26)14-7-6-13(21)10-15(14)23-17)20(27)25(24-19)9-3-5-12-4-2-8-22-11-12/h2,4,6-8,10-11H,9H2,1H3,(H,23,26). The number of pyridine rings is 2. The van der Waals surface area contributed by atoms with Crippen LogP contribution in [0.15, 0.2) is 52.3 Å². The zero-order valence-corrected chi connectivity index (χ0v) is 17.5. The van der Waals surface area contributed by atoms with Crippen LogP contribution in [0.1, 0.15) is 5.56 Å². The number of aromatic nitrogens is 4. The van der Waals surface area contributed by atoms with Gasteiger partial charge in [-0.1, -0.05) is 23.4 Å². The lowest BCUT2D eigenvalue weighted by Gasteiger charge is -2.10. The third kappa shape index (κ3) is 4.28. The number of halogens is 1. The lowest BCUT2D eigenvalue weighted by Crippen LogP contribution is -2.28. The fourth-order valence-corrected chi connectivity index (χ4v) is 3.50. The van der Waals surface area contributed by atoms with Crippen LogP contribution in [-0.4, -0.2) is 34.4 Å². The third-order valence-electron chi connectivity index (χ3n) is 4.19. The highest BCUT2D eigenvalue weighted by atomic mass is 35.5. The number of nitrogens with zero attached hydrogens (tertiary/aromatic N) is 3. The second kappa shape index (κ2) is 7.86. The number of aromatic amines is 1. The molecule has 1 aromatic carbocycles. The van der Waals surface area contributed by atoms with Gasteiger partial charge in [0.25, 0.3) is 11.4 Å². The zero-order chi connectivity index (χ0) is 22.2. The average Bonchev–Trinajstić information content (AvgIpc) is 2.70. The highest BCUT2D eigenvalue weighted by Crippen LogP contribution is 2.22. The van der Waals surface area contributed by atoms with Crippen molar-refractivity contribution in [2.75, 3.05) is 6.26 Å². The van der Waals surface area contributed by atoms with Gasteiger partial charge in [-0.05, 0) is 30.3 Å². The lowest BCUT2D eigenvalue weighted by molar-refractivity contribution is 0.469. The van der Waals surface area contributed by atoms with Gasteiger partial charge in [-0.25, -0.2) is 4.68 Å². The molecule has 11 heteroatoms. The summed E-state index contributed by atoms with van der Waals surface area (Å²) in [6, 6.07) is 7.90. The molecular weight excluding hydrogens is 444 g/mol. The van der Waals surface area contributed by atoms with Crippen LogP contribution < -0.4 is 15.2 Å². The van der Waals surface area contributed by atoms with Gasteiger partial charge >= 0.3 is 10.1 Å². The number of fused-ring (bicyclic) bond motifs is 2. The Balaban J connectivity index is 1.96. The van der Waals surface area contributed by atoms with Crippen LogP contribution in [0.25, 0.3) is 21.8 Å². The van der Waals surface area contributed by atoms with Gasteiger partial charge in [-0.15, -0.1) is 5.10 Å². The molecule has 3 heterocycles. The summed E-state index contributed by atoms with van der Waals surface area (Å²) in [6.07, 6.45) is 3.97. The topological polar surface area (TPSA) is 124 Å². The molecule has 156 valence electrons. The molecule has 0 atom stereocenters. The molecule has 0 aliphatic rings. The molecule has 31 heavy (non-hydrogen) atoms. The molecule has 0 spiro atoms. The lowest BCUT2D eigenvalue weighted by atomic mass is 10.1.